The maximum atomic E-state index is 12.8. The zero-order chi connectivity index (χ0) is 19.8. The van der Waals surface area contributed by atoms with E-state index in [1.165, 1.54) is 24.8 Å². The molecule has 5 heteroatoms. The van der Waals surface area contributed by atoms with Gasteiger partial charge >= 0.3 is 6.03 Å². The first kappa shape index (κ1) is 19.0. The molecule has 5 fully saturated rings. The predicted molar refractivity (Wildman–Crippen MR) is 112 cm³/mol. The van der Waals surface area contributed by atoms with Gasteiger partial charge in [0.2, 0.25) is 5.91 Å². The number of amides is 3. The summed E-state index contributed by atoms with van der Waals surface area (Å²) >= 11 is 0. The molecule has 1 saturated heterocycles. The molecule has 4 bridgehead atoms. The smallest absolute Gasteiger partial charge is 0.315 e. The molecule has 0 spiro atoms. The molecule has 1 heterocycles. The van der Waals surface area contributed by atoms with Gasteiger partial charge in [-0.05, 0) is 74.7 Å². The van der Waals surface area contributed by atoms with Crippen LogP contribution in [-0.4, -0.2) is 35.5 Å². The maximum absolute atomic E-state index is 12.8. The van der Waals surface area contributed by atoms with Crippen molar-refractivity contribution in [2.45, 2.75) is 69.4 Å². The Morgan fingerprint density at radius 2 is 1.66 bits per heavy atom. The number of hydrogen-bond donors (Lipinski definition) is 2. The van der Waals surface area contributed by atoms with Crippen LogP contribution in [0.15, 0.2) is 30.3 Å². The minimum absolute atomic E-state index is 0.0240. The Hall–Kier alpha value is -2.04. The summed E-state index contributed by atoms with van der Waals surface area (Å²) in [7, 11) is 0. The largest absolute Gasteiger partial charge is 0.338 e. The van der Waals surface area contributed by atoms with E-state index < -0.39 is 0 Å². The van der Waals surface area contributed by atoms with Crippen molar-refractivity contribution in [2.75, 3.05) is 13.1 Å². The van der Waals surface area contributed by atoms with E-state index in [2.05, 4.69) is 22.8 Å². The molecule has 2 N–H and O–H groups in total. The monoisotopic (exact) mass is 395 g/mol. The summed E-state index contributed by atoms with van der Waals surface area (Å²) in [6.45, 7) is 1.23. The Morgan fingerprint density at radius 3 is 2.31 bits per heavy atom. The Bertz CT molecular complexity index is 727. The van der Waals surface area contributed by atoms with Crippen molar-refractivity contribution in [3.05, 3.63) is 35.9 Å². The Labute approximate surface area is 173 Å². The van der Waals surface area contributed by atoms with Crippen LogP contribution in [0.5, 0.6) is 0 Å². The fourth-order valence-corrected chi connectivity index (χ4v) is 7.06. The summed E-state index contributed by atoms with van der Waals surface area (Å²) in [6, 6.07) is 10.4. The molecular weight excluding hydrogens is 362 g/mol. The molecule has 0 radical (unpaired) electrons. The first-order valence-corrected chi connectivity index (χ1v) is 11.5. The minimum Gasteiger partial charge on any atom is -0.338 e. The number of carbonyl (C=O) groups excluding carboxylic acids is 2. The van der Waals surface area contributed by atoms with Crippen LogP contribution < -0.4 is 10.6 Å². The highest BCUT2D eigenvalue weighted by Gasteiger charge is 2.51. The lowest BCUT2D eigenvalue weighted by Crippen LogP contribution is -2.61. The number of rotatable bonds is 5. The summed E-state index contributed by atoms with van der Waals surface area (Å²) in [4.78, 5) is 27.3. The second-order valence-corrected chi connectivity index (χ2v) is 9.98. The number of likely N-dealkylation sites (tertiary alicyclic amines) is 1. The quantitative estimate of drug-likeness (QED) is 0.791. The number of carbonyl (C=O) groups is 2. The number of hydrogen-bond acceptors (Lipinski definition) is 2. The van der Waals surface area contributed by atoms with E-state index in [4.69, 9.17) is 0 Å². The number of nitrogens with zero attached hydrogens (tertiary/aromatic N) is 1. The first-order valence-electron chi connectivity index (χ1n) is 11.5. The molecule has 3 amide bonds. The molecule has 1 aliphatic heterocycles. The summed E-state index contributed by atoms with van der Waals surface area (Å²) in [5, 5.41) is 6.30. The van der Waals surface area contributed by atoms with Gasteiger partial charge in [0.05, 0.1) is 6.04 Å². The third-order valence-electron chi connectivity index (χ3n) is 7.80. The number of benzene rings is 1. The van der Waals surface area contributed by atoms with Crippen molar-refractivity contribution >= 4 is 11.9 Å². The fraction of sp³-hybridized carbons (Fsp3) is 0.667. The highest BCUT2D eigenvalue weighted by atomic mass is 16.2. The molecule has 1 unspecified atom stereocenters. The van der Waals surface area contributed by atoms with E-state index in [9.17, 15) is 9.59 Å². The lowest BCUT2D eigenvalue weighted by atomic mass is 9.53. The highest BCUT2D eigenvalue weighted by Crippen LogP contribution is 2.55. The molecule has 4 aliphatic carbocycles. The average molecular weight is 396 g/mol. The predicted octanol–water partition coefficient (Wildman–Crippen LogP) is 4.01. The molecule has 156 valence electrons. The molecule has 1 aromatic rings. The molecular formula is C24H33N3O2. The fourth-order valence-electron chi connectivity index (χ4n) is 7.06. The lowest BCUT2D eigenvalue weighted by molar-refractivity contribution is -0.132. The summed E-state index contributed by atoms with van der Waals surface area (Å²) < 4.78 is 0. The van der Waals surface area contributed by atoms with Gasteiger partial charge in [-0.15, -0.1) is 0 Å². The highest BCUT2D eigenvalue weighted by molar-refractivity contribution is 5.79. The Balaban J connectivity index is 1.11. The van der Waals surface area contributed by atoms with Crippen LogP contribution in [-0.2, 0) is 4.79 Å². The van der Waals surface area contributed by atoms with E-state index >= 15 is 0 Å². The molecule has 6 rings (SSSR count). The minimum atomic E-state index is -0.0826. The maximum Gasteiger partial charge on any atom is 0.315 e. The molecule has 4 saturated carbocycles. The van der Waals surface area contributed by atoms with Gasteiger partial charge in [-0.2, -0.15) is 0 Å². The Kier molecular flexibility index (Phi) is 5.00. The van der Waals surface area contributed by atoms with E-state index in [1.54, 1.807) is 0 Å². The van der Waals surface area contributed by atoms with Crippen LogP contribution in [0.25, 0.3) is 0 Å². The Morgan fingerprint density at radius 1 is 1.00 bits per heavy atom. The van der Waals surface area contributed by atoms with Crippen LogP contribution in [0.3, 0.4) is 0 Å². The summed E-state index contributed by atoms with van der Waals surface area (Å²) in [5.74, 6) is 2.58. The van der Waals surface area contributed by atoms with Crippen molar-refractivity contribution in [1.29, 1.82) is 0 Å². The molecule has 29 heavy (non-hydrogen) atoms. The van der Waals surface area contributed by atoms with E-state index in [1.807, 2.05) is 23.1 Å². The first-order chi connectivity index (χ1) is 14.1. The van der Waals surface area contributed by atoms with Gasteiger partial charge in [-0.1, -0.05) is 30.3 Å². The van der Waals surface area contributed by atoms with Gasteiger partial charge in [0, 0.05) is 25.0 Å². The van der Waals surface area contributed by atoms with Gasteiger partial charge in [0.1, 0.15) is 0 Å². The number of urea groups is 1. The van der Waals surface area contributed by atoms with Gasteiger partial charge in [-0.3, -0.25) is 4.79 Å². The molecule has 5 nitrogen and oxygen atoms in total. The molecule has 5 aliphatic rings. The standard InChI is InChI=1S/C24H33N3O2/c28-22(27-10-4-7-21(27)20-5-2-1-3-6-20)8-9-25-23(29)26-24-14-17-11-18(15-24)13-19(12-17)16-24/h1-3,5-6,17-19,21H,4,7-16H2,(H2,25,26,29). The van der Waals surface area contributed by atoms with Crippen molar-refractivity contribution < 1.29 is 9.59 Å². The van der Waals surface area contributed by atoms with Crippen LogP contribution >= 0.6 is 0 Å². The van der Waals surface area contributed by atoms with Crippen LogP contribution in [0, 0.1) is 17.8 Å². The van der Waals surface area contributed by atoms with Crippen LogP contribution in [0.4, 0.5) is 4.79 Å². The van der Waals surface area contributed by atoms with Crippen molar-refractivity contribution in [1.82, 2.24) is 15.5 Å². The van der Waals surface area contributed by atoms with Crippen molar-refractivity contribution in [3.63, 3.8) is 0 Å². The SMILES string of the molecule is O=C(NCCC(=O)N1CCCC1c1ccccc1)NC12CC3CC(CC(C3)C1)C2. The number of nitrogens with one attached hydrogen (secondary N) is 2. The van der Waals surface area contributed by atoms with E-state index in [-0.39, 0.29) is 23.5 Å². The average Bonchev–Trinajstić information content (AvgIpc) is 3.17. The molecule has 1 atom stereocenters. The van der Waals surface area contributed by atoms with Gasteiger partial charge in [-0.25, -0.2) is 4.79 Å². The normalized spacial score (nSPS) is 35.0. The molecule has 1 aromatic carbocycles. The van der Waals surface area contributed by atoms with Gasteiger partial charge in [0.25, 0.3) is 0 Å². The van der Waals surface area contributed by atoms with Gasteiger partial charge < -0.3 is 15.5 Å². The summed E-state index contributed by atoms with van der Waals surface area (Å²) in [6.07, 6.45) is 10.0. The third kappa shape index (κ3) is 3.88. The van der Waals surface area contributed by atoms with Gasteiger partial charge in [0.15, 0.2) is 0 Å². The zero-order valence-corrected chi connectivity index (χ0v) is 17.2. The topological polar surface area (TPSA) is 61.4 Å². The van der Waals surface area contributed by atoms with Crippen molar-refractivity contribution in [3.8, 4) is 0 Å². The van der Waals surface area contributed by atoms with Crippen molar-refractivity contribution in [2.24, 2.45) is 17.8 Å². The van der Waals surface area contributed by atoms with E-state index in [0.29, 0.717) is 13.0 Å². The second-order valence-electron chi connectivity index (χ2n) is 9.98. The zero-order valence-electron chi connectivity index (χ0n) is 17.2. The lowest BCUT2D eigenvalue weighted by Gasteiger charge is -2.56. The second kappa shape index (κ2) is 7.66. The van der Waals surface area contributed by atoms with E-state index in [0.717, 1.165) is 56.4 Å². The molecule has 0 aromatic heterocycles. The summed E-state index contributed by atoms with van der Waals surface area (Å²) in [5.41, 5.74) is 1.24. The van der Waals surface area contributed by atoms with Crippen LogP contribution in [0.1, 0.15) is 69.4 Å². The third-order valence-corrected chi connectivity index (χ3v) is 7.80. The van der Waals surface area contributed by atoms with Crippen LogP contribution in [0.2, 0.25) is 0 Å².